The minimum absolute atomic E-state index is 0.0579. The third-order valence-electron chi connectivity index (χ3n) is 2.70. The summed E-state index contributed by atoms with van der Waals surface area (Å²) in [7, 11) is 1.72. The monoisotopic (exact) mass is 171 g/mol. The summed E-state index contributed by atoms with van der Waals surface area (Å²) < 4.78 is 5.47. The zero-order valence-corrected chi connectivity index (χ0v) is 8.68. The number of hydrogen-bond donors (Lipinski definition) is 1. The highest BCUT2D eigenvalue weighted by atomic mass is 16.5. The van der Waals surface area contributed by atoms with Crippen molar-refractivity contribution in [2.75, 3.05) is 7.11 Å². The Hall–Kier alpha value is -0.340. The maximum atomic E-state index is 6.00. The molecule has 0 rings (SSSR count). The highest BCUT2D eigenvalue weighted by molar-refractivity contribution is 5.09. The van der Waals surface area contributed by atoms with Crippen molar-refractivity contribution in [1.82, 2.24) is 0 Å². The molecule has 1 atom stereocenters. The highest BCUT2D eigenvalue weighted by Crippen LogP contribution is 2.25. The lowest BCUT2D eigenvalue weighted by Gasteiger charge is -2.36. The van der Waals surface area contributed by atoms with E-state index in [1.54, 1.807) is 7.11 Å². The molecule has 0 heterocycles. The topological polar surface area (TPSA) is 35.2 Å². The van der Waals surface area contributed by atoms with E-state index in [9.17, 15) is 0 Å². The first-order valence-corrected chi connectivity index (χ1v) is 4.50. The van der Waals surface area contributed by atoms with Gasteiger partial charge in [-0.1, -0.05) is 26.0 Å². The van der Waals surface area contributed by atoms with E-state index in [1.165, 1.54) is 0 Å². The Labute approximate surface area is 75.8 Å². The van der Waals surface area contributed by atoms with Crippen molar-refractivity contribution in [1.29, 1.82) is 0 Å². The molecule has 0 fully saturated rings. The first-order valence-electron chi connectivity index (χ1n) is 4.50. The molecule has 72 valence electrons. The van der Waals surface area contributed by atoms with Crippen molar-refractivity contribution in [2.45, 2.75) is 45.3 Å². The summed E-state index contributed by atoms with van der Waals surface area (Å²) in [5, 5.41) is 0. The maximum Gasteiger partial charge on any atom is 0.0861 e. The van der Waals surface area contributed by atoms with Gasteiger partial charge in [0, 0.05) is 7.11 Å². The van der Waals surface area contributed by atoms with Crippen LogP contribution >= 0.6 is 0 Å². The second kappa shape index (κ2) is 4.63. The Bertz CT molecular complexity index is 142. The Morgan fingerprint density at radius 3 is 2.00 bits per heavy atom. The summed E-state index contributed by atoms with van der Waals surface area (Å²) in [4.78, 5) is 0. The molecule has 0 aromatic rings. The van der Waals surface area contributed by atoms with Gasteiger partial charge in [-0.25, -0.2) is 0 Å². The third kappa shape index (κ3) is 2.08. The zero-order chi connectivity index (χ0) is 9.78. The van der Waals surface area contributed by atoms with Crippen molar-refractivity contribution in [3.05, 3.63) is 12.2 Å². The van der Waals surface area contributed by atoms with Gasteiger partial charge in [0.05, 0.1) is 11.6 Å². The molecule has 0 saturated carbocycles. The fraction of sp³-hybridized carbons (Fsp3) is 0.800. The lowest BCUT2D eigenvalue weighted by Crippen LogP contribution is -2.49. The molecular weight excluding hydrogens is 150 g/mol. The average Bonchev–Trinajstić information content (AvgIpc) is 2.08. The first kappa shape index (κ1) is 11.7. The quantitative estimate of drug-likeness (QED) is 0.643. The molecule has 0 aliphatic carbocycles. The average molecular weight is 171 g/mol. The lowest BCUT2D eigenvalue weighted by atomic mass is 9.85. The maximum absolute atomic E-state index is 6.00. The molecule has 2 heteroatoms. The van der Waals surface area contributed by atoms with E-state index in [1.807, 2.05) is 6.92 Å². The van der Waals surface area contributed by atoms with Gasteiger partial charge in [-0.05, 0) is 19.8 Å². The third-order valence-corrected chi connectivity index (χ3v) is 2.70. The lowest BCUT2D eigenvalue weighted by molar-refractivity contribution is -0.0288. The number of rotatable bonds is 5. The minimum atomic E-state index is -0.216. The van der Waals surface area contributed by atoms with Crippen molar-refractivity contribution in [2.24, 2.45) is 5.73 Å². The van der Waals surface area contributed by atoms with Gasteiger partial charge in [-0.2, -0.15) is 0 Å². The molecule has 2 nitrogen and oxygen atoms in total. The smallest absolute Gasteiger partial charge is 0.0861 e. The molecule has 0 amide bonds. The zero-order valence-electron chi connectivity index (χ0n) is 8.68. The van der Waals surface area contributed by atoms with Crippen LogP contribution < -0.4 is 5.73 Å². The molecule has 2 N–H and O–H groups in total. The minimum Gasteiger partial charge on any atom is -0.376 e. The van der Waals surface area contributed by atoms with Crippen LogP contribution in [0.15, 0.2) is 12.2 Å². The number of nitrogens with two attached hydrogens (primary N) is 1. The molecule has 0 saturated heterocycles. The largest absolute Gasteiger partial charge is 0.376 e. The SMILES string of the molecule is C=C(C)C(N)C(CC)(CC)OC. The van der Waals surface area contributed by atoms with Gasteiger partial charge in [-0.15, -0.1) is 0 Å². The van der Waals surface area contributed by atoms with Crippen molar-refractivity contribution < 1.29 is 4.74 Å². The molecule has 0 bridgehead atoms. The fourth-order valence-electron chi connectivity index (χ4n) is 1.55. The van der Waals surface area contributed by atoms with E-state index in [2.05, 4.69) is 20.4 Å². The summed E-state index contributed by atoms with van der Waals surface area (Å²) in [6.07, 6.45) is 1.85. The van der Waals surface area contributed by atoms with Crippen LogP contribution in [0.4, 0.5) is 0 Å². The predicted molar refractivity (Wildman–Crippen MR) is 53.1 cm³/mol. The van der Waals surface area contributed by atoms with Crippen LogP contribution in [-0.4, -0.2) is 18.8 Å². The van der Waals surface area contributed by atoms with Crippen LogP contribution in [0, 0.1) is 0 Å². The van der Waals surface area contributed by atoms with Crippen molar-refractivity contribution >= 4 is 0 Å². The normalized spacial score (nSPS) is 14.4. The standard InChI is InChI=1S/C10H21NO/c1-6-10(7-2,12-5)9(11)8(3)4/h9H,3,6-7,11H2,1-2,4-5H3. The van der Waals surface area contributed by atoms with Crippen LogP contribution in [-0.2, 0) is 4.74 Å². The van der Waals surface area contributed by atoms with Gasteiger partial charge >= 0.3 is 0 Å². The summed E-state index contributed by atoms with van der Waals surface area (Å²) in [5.74, 6) is 0. The van der Waals surface area contributed by atoms with Crippen molar-refractivity contribution in [3.8, 4) is 0 Å². The Kier molecular flexibility index (Phi) is 4.50. The Balaban J connectivity index is 4.58. The molecule has 0 radical (unpaired) electrons. The second-order valence-electron chi connectivity index (χ2n) is 3.30. The molecule has 12 heavy (non-hydrogen) atoms. The summed E-state index contributed by atoms with van der Waals surface area (Å²) >= 11 is 0. The van der Waals surface area contributed by atoms with E-state index in [4.69, 9.17) is 10.5 Å². The molecule has 0 aliphatic heterocycles. The van der Waals surface area contributed by atoms with Gasteiger partial charge in [0.1, 0.15) is 0 Å². The molecule has 0 aliphatic rings. The van der Waals surface area contributed by atoms with Crippen LogP contribution in [0.3, 0.4) is 0 Å². The summed E-state index contributed by atoms with van der Waals surface area (Å²) in [6.45, 7) is 9.99. The van der Waals surface area contributed by atoms with E-state index < -0.39 is 0 Å². The van der Waals surface area contributed by atoms with Crippen LogP contribution in [0.5, 0.6) is 0 Å². The summed E-state index contributed by atoms with van der Waals surface area (Å²) in [5.41, 5.74) is 6.77. The van der Waals surface area contributed by atoms with Crippen molar-refractivity contribution in [3.63, 3.8) is 0 Å². The van der Waals surface area contributed by atoms with Gasteiger partial charge < -0.3 is 10.5 Å². The number of methoxy groups -OCH3 is 1. The Morgan fingerprint density at radius 1 is 1.50 bits per heavy atom. The molecular formula is C10H21NO. The van der Waals surface area contributed by atoms with E-state index >= 15 is 0 Å². The second-order valence-corrected chi connectivity index (χ2v) is 3.30. The summed E-state index contributed by atoms with van der Waals surface area (Å²) in [6, 6.07) is -0.0579. The first-order chi connectivity index (χ1) is 5.54. The van der Waals surface area contributed by atoms with E-state index in [-0.39, 0.29) is 11.6 Å². The molecule has 0 aromatic carbocycles. The van der Waals surface area contributed by atoms with Gasteiger partial charge in [0.25, 0.3) is 0 Å². The van der Waals surface area contributed by atoms with Crippen LogP contribution in [0.1, 0.15) is 33.6 Å². The van der Waals surface area contributed by atoms with Gasteiger partial charge in [0.2, 0.25) is 0 Å². The number of ether oxygens (including phenoxy) is 1. The van der Waals surface area contributed by atoms with Gasteiger partial charge in [0.15, 0.2) is 0 Å². The van der Waals surface area contributed by atoms with Crippen LogP contribution in [0.2, 0.25) is 0 Å². The molecule has 1 unspecified atom stereocenters. The van der Waals surface area contributed by atoms with E-state index in [0.29, 0.717) is 0 Å². The Morgan fingerprint density at radius 2 is 1.92 bits per heavy atom. The van der Waals surface area contributed by atoms with Crippen LogP contribution in [0.25, 0.3) is 0 Å². The predicted octanol–water partition coefficient (Wildman–Crippen LogP) is 2.10. The van der Waals surface area contributed by atoms with Gasteiger partial charge in [-0.3, -0.25) is 0 Å². The molecule has 0 spiro atoms. The fourth-order valence-corrected chi connectivity index (χ4v) is 1.55. The molecule has 0 aromatic heterocycles. The highest BCUT2D eigenvalue weighted by Gasteiger charge is 2.33. The number of hydrogen-bond acceptors (Lipinski definition) is 2. The van der Waals surface area contributed by atoms with E-state index in [0.717, 1.165) is 18.4 Å².